The van der Waals surface area contributed by atoms with Crippen molar-refractivity contribution in [2.24, 2.45) is 5.92 Å². The van der Waals surface area contributed by atoms with E-state index in [2.05, 4.69) is 49.6 Å². The van der Waals surface area contributed by atoms with Crippen LogP contribution in [0.5, 0.6) is 0 Å². The number of aromatic amines is 1. The summed E-state index contributed by atoms with van der Waals surface area (Å²) in [4.78, 5) is 7.01. The molecule has 0 spiro atoms. The van der Waals surface area contributed by atoms with E-state index in [-0.39, 0.29) is 5.41 Å². The molecule has 0 atom stereocenters. The van der Waals surface area contributed by atoms with Crippen LogP contribution in [-0.4, -0.2) is 32.3 Å². The third kappa shape index (κ3) is 3.89. The fraction of sp³-hybridized carbons (Fsp3) is 0.857. The van der Waals surface area contributed by atoms with Gasteiger partial charge >= 0.3 is 0 Å². The first kappa shape index (κ1) is 14.7. The molecule has 5 heteroatoms. The lowest BCUT2D eigenvalue weighted by molar-refractivity contribution is 0.174. The zero-order chi connectivity index (χ0) is 14.2. The van der Waals surface area contributed by atoms with Gasteiger partial charge in [0, 0.05) is 18.0 Å². The molecule has 0 saturated heterocycles. The predicted molar refractivity (Wildman–Crippen MR) is 80.7 cm³/mol. The van der Waals surface area contributed by atoms with Gasteiger partial charge < -0.3 is 0 Å². The van der Waals surface area contributed by atoms with E-state index in [1.54, 1.807) is 0 Å². The molecule has 1 aliphatic rings. The lowest BCUT2D eigenvalue weighted by Gasteiger charge is -2.24. The summed E-state index contributed by atoms with van der Waals surface area (Å²) in [6, 6.07) is 0.741. The van der Waals surface area contributed by atoms with Crippen LogP contribution in [0.15, 0.2) is 0 Å². The van der Waals surface area contributed by atoms with Crippen molar-refractivity contribution in [1.82, 2.24) is 19.7 Å². The molecule has 0 bridgehead atoms. The molecule has 108 valence electrons. The highest BCUT2D eigenvalue weighted by molar-refractivity contribution is 7.71. The second kappa shape index (κ2) is 5.37. The fourth-order valence-electron chi connectivity index (χ4n) is 2.20. The molecule has 0 aliphatic heterocycles. The highest BCUT2D eigenvalue weighted by atomic mass is 32.1. The maximum absolute atomic E-state index is 5.37. The van der Waals surface area contributed by atoms with Crippen molar-refractivity contribution in [2.45, 2.75) is 65.6 Å². The van der Waals surface area contributed by atoms with Gasteiger partial charge in [-0.25, -0.2) is 9.67 Å². The number of H-pyrrole nitrogens is 1. The molecule has 1 saturated carbocycles. The summed E-state index contributed by atoms with van der Waals surface area (Å²) in [6.07, 6.45) is 2.64. The molecule has 1 aromatic rings. The number of nitrogens with one attached hydrogen (secondary N) is 1. The quantitative estimate of drug-likeness (QED) is 0.842. The number of hydrogen-bond acceptors (Lipinski definition) is 3. The minimum absolute atomic E-state index is 0.0151. The maximum Gasteiger partial charge on any atom is 0.217 e. The second-order valence-electron chi connectivity index (χ2n) is 7.07. The third-order valence-electron chi connectivity index (χ3n) is 3.38. The van der Waals surface area contributed by atoms with Gasteiger partial charge in [-0.15, -0.1) is 0 Å². The van der Waals surface area contributed by atoms with Crippen molar-refractivity contribution in [1.29, 1.82) is 0 Å². The van der Waals surface area contributed by atoms with Crippen LogP contribution >= 0.6 is 12.2 Å². The van der Waals surface area contributed by atoms with Crippen molar-refractivity contribution >= 4 is 12.2 Å². The van der Waals surface area contributed by atoms with Gasteiger partial charge in [0.2, 0.25) is 4.77 Å². The van der Waals surface area contributed by atoms with Crippen LogP contribution < -0.4 is 0 Å². The lowest BCUT2D eigenvalue weighted by Crippen LogP contribution is -2.32. The van der Waals surface area contributed by atoms with E-state index in [4.69, 9.17) is 12.2 Å². The second-order valence-corrected chi connectivity index (χ2v) is 7.44. The minimum Gasteiger partial charge on any atom is -0.281 e. The highest BCUT2D eigenvalue weighted by Gasteiger charge is 2.30. The molecule has 2 rings (SSSR count). The Bertz CT molecular complexity index is 476. The molecule has 1 N–H and O–H groups in total. The third-order valence-corrected chi connectivity index (χ3v) is 3.69. The molecule has 4 nitrogen and oxygen atoms in total. The van der Waals surface area contributed by atoms with Crippen LogP contribution in [0.3, 0.4) is 0 Å². The molecular weight excluding hydrogens is 256 g/mol. The Morgan fingerprint density at radius 1 is 1.42 bits per heavy atom. The Morgan fingerprint density at radius 3 is 2.47 bits per heavy atom. The summed E-state index contributed by atoms with van der Waals surface area (Å²) in [7, 11) is 0. The number of aromatic nitrogens is 3. The van der Waals surface area contributed by atoms with Crippen LogP contribution in [0.2, 0.25) is 0 Å². The van der Waals surface area contributed by atoms with E-state index < -0.39 is 0 Å². The van der Waals surface area contributed by atoms with Crippen LogP contribution in [0.4, 0.5) is 0 Å². The first-order valence-electron chi connectivity index (χ1n) is 7.18. The summed E-state index contributed by atoms with van der Waals surface area (Å²) in [5.41, 5.74) is 0.0151. The molecule has 0 aromatic carbocycles. The van der Waals surface area contributed by atoms with Crippen molar-refractivity contribution in [2.75, 3.05) is 6.54 Å². The zero-order valence-corrected chi connectivity index (χ0v) is 13.5. The standard InChI is InChI=1S/C14H26N4S/c1-10(2)8-17(11-6-7-11)9-18-13(19)15-12(16-18)14(3,4)5/h10-11H,6-9H2,1-5H3,(H,15,16,19). The summed E-state index contributed by atoms with van der Waals surface area (Å²) >= 11 is 5.37. The maximum atomic E-state index is 5.37. The van der Waals surface area contributed by atoms with Crippen LogP contribution in [0, 0.1) is 10.7 Å². The van der Waals surface area contributed by atoms with E-state index >= 15 is 0 Å². The smallest absolute Gasteiger partial charge is 0.217 e. The topological polar surface area (TPSA) is 36.9 Å². The molecule has 1 heterocycles. The number of hydrogen-bond donors (Lipinski definition) is 1. The first-order chi connectivity index (χ1) is 8.77. The Hall–Kier alpha value is -0.680. The normalized spacial score (nSPS) is 16.6. The average molecular weight is 282 g/mol. The van der Waals surface area contributed by atoms with Gasteiger partial charge in [0.25, 0.3) is 0 Å². The van der Waals surface area contributed by atoms with E-state index in [9.17, 15) is 0 Å². The van der Waals surface area contributed by atoms with Crippen molar-refractivity contribution in [3.63, 3.8) is 0 Å². The molecule has 1 aromatic heterocycles. The molecule has 0 radical (unpaired) electrons. The van der Waals surface area contributed by atoms with Gasteiger partial charge in [0.15, 0.2) is 0 Å². The number of rotatable bonds is 5. The van der Waals surface area contributed by atoms with Gasteiger partial charge in [-0.3, -0.25) is 10.00 Å². The van der Waals surface area contributed by atoms with Crippen molar-refractivity contribution < 1.29 is 0 Å². The summed E-state index contributed by atoms with van der Waals surface area (Å²) in [5.74, 6) is 1.65. The molecule has 1 fully saturated rings. The van der Waals surface area contributed by atoms with Gasteiger partial charge in [-0.1, -0.05) is 34.6 Å². The summed E-state index contributed by atoms with van der Waals surface area (Å²) in [6.45, 7) is 12.9. The summed E-state index contributed by atoms with van der Waals surface area (Å²) in [5, 5.41) is 3.37. The van der Waals surface area contributed by atoms with E-state index in [1.807, 2.05) is 4.68 Å². The van der Waals surface area contributed by atoms with Gasteiger partial charge in [-0.05, 0) is 31.0 Å². The zero-order valence-electron chi connectivity index (χ0n) is 12.7. The SMILES string of the molecule is CC(C)CN(Cn1[nH]c(C(C)(C)C)nc1=S)C1CC1. The Kier molecular flexibility index (Phi) is 4.16. The molecular formula is C14H26N4S. The van der Waals surface area contributed by atoms with Gasteiger partial charge in [0.1, 0.15) is 5.82 Å². The summed E-state index contributed by atoms with van der Waals surface area (Å²) < 4.78 is 2.68. The van der Waals surface area contributed by atoms with Crippen molar-refractivity contribution in [3.05, 3.63) is 10.6 Å². The fourth-order valence-corrected chi connectivity index (χ4v) is 2.40. The average Bonchev–Trinajstić information content (AvgIpc) is 3.02. The van der Waals surface area contributed by atoms with Crippen LogP contribution in [-0.2, 0) is 12.1 Å². The van der Waals surface area contributed by atoms with E-state index in [1.165, 1.54) is 12.8 Å². The van der Waals surface area contributed by atoms with E-state index in [0.717, 1.165) is 25.1 Å². The predicted octanol–water partition coefficient (Wildman–Crippen LogP) is 3.32. The Labute approximate surface area is 121 Å². The van der Waals surface area contributed by atoms with Crippen LogP contribution in [0.1, 0.15) is 53.3 Å². The lowest BCUT2D eigenvalue weighted by atomic mass is 9.96. The molecule has 0 unspecified atom stereocenters. The Morgan fingerprint density at radius 2 is 2.05 bits per heavy atom. The Balaban J connectivity index is 2.13. The van der Waals surface area contributed by atoms with E-state index in [0.29, 0.717) is 10.7 Å². The highest BCUT2D eigenvalue weighted by Crippen LogP contribution is 2.28. The molecule has 1 aliphatic carbocycles. The largest absolute Gasteiger partial charge is 0.281 e. The monoisotopic (exact) mass is 282 g/mol. The van der Waals surface area contributed by atoms with Gasteiger partial charge in [0.05, 0.1) is 6.67 Å². The molecule has 19 heavy (non-hydrogen) atoms. The first-order valence-corrected chi connectivity index (χ1v) is 7.59. The minimum atomic E-state index is 0.0151. The van der Waals surface area contributed by atoms with Crippen molar-refractivity contribution in [3.8, 4) is 0 Å². The number of nitrogens with zero attached hydrogens (tertiary/aromatic N) is 3. The van der Waals surface area contributed by atoms with Gasteiger partial charge in [-0.2, -0.15) is 0 Å². The molecule has 0 amide bonds. The van der Waals surface area contributed by atoms with Crippen LogP contribution in [0.25, 0.3) is 0 Å².